The van der Waals surface area contributed by atoms with Crippen LogP contribution in [0.5, 0.6) is 5.75 Å². The minimum absolute atomic E-state index is 0.0349. The van der Waals surface area contributed by atoms with Gasteiger partial charge < -0.3 is 14.5 Å². The number of nitrogens with zero attached hydrogens (tertiary/aromatic N) is 2. The normalized spacial score (nSPS) is 20.0. The Morgan fingerprint density at radius 2 is 1.68 bits per heavy atom. The van der Waals surface area contributed by atoms with Gasteiger partial charge in [-0.3, -0.25) is 9.59 Å². The summed E-state index contributed by atoms with van der Waals surface area (Å²) in [6.07, 6.45) is 0.0447. The molecule has 0 aromatic heterocycles. The molecule has 6 heteroatoms. The van der Waals surface area contributed by atoms with Crippen molar-refractivity contribution in [1.29, 1.82) is 0 Å². The monoisotopic (exact) mass is 416 g/mol. The molecule has 3 aromatic carbocycles. The molecule has 0 aliphatic carbocycles. The lowest BCUT2D eigenvalue weighted by Crippen LogP contribution is -2.48. The Bertz CT molecular complexity index is 1130. The molecule has 2 unspecified atom stereocenters. The van der Waals surface area contributed by atoms with E-state index in [1.807, 2.05) is 54.6 Å². The first-order valence-corrected chi connectivity index (χ1v) is 10.3. The second kappa shape index (κ2) is 7.87. The molecule has 3 aromatic rings. The Morgan fingerprint density at radius 3 is 2.48 bits per heavy atom. The molecule has 0 spiro atoms. The molecule has 5 rings (SSSR count). The third-order valence-corrected chi connectivity index (χ3v) is 5.81. The number of anilines is 1. The summed E-state index contributed by atoms with van der Waals surface area (Å²) in [5, 5.41) is 0. The van der Waals surface area contributed by atoms with Crippen LogP contribution < -0.4 is 9.64 Å². The number of hydrogen-bond donors (Lipinski definition) is 0. The van der Waals surface area contributed by atoms with Crippen molar-refractivity contribution >= 4 is 17.5 Å². The summed E-state index contributed by atoms with van der Waals surface area (Å²) >= 11 is 0. The van der Waals surface area contributed by atoms with Gasteiger partial charge in [-0.1, -0.05) is 54.6 Å². The number of para-hydroxylation sites is 2. The summed E-state index contributed by atoms with van der Waals surface area (Å²) in [6.45, 7) is 0.583. The van der Waals surface area contributed by atoms with Gasteiger partial charge in [0, 0.05) is 6.42 Å². The number of rotatable bonds is 3. The van der Waals surface area contributed by atoms with Gasteiger partial charge in [-0.05, 0) is 29.8 Å². The Kier molecular flexibility index (Phi) is 4.90. The highest BCUT2D eigenvalue weighted by atomic mass is 19.1. The molecule has 2 atom stereocenters. The fourth-order valence-electron chi connectivity index (χ4n) is 4.32. The zero-order valence-corrected chi connectivity index (χ0v) is 16.8. The van der Waals surface area contributed by atoms with Gasteiger partial charge in [-0.2, -0.15) is 0 Å². The molecule has 0 radical (unpaired) electrons. The standard InChI is InChI=1S/C25H21FN2O3/c26-20-11-5-4-10-19(20)24(29)28-16-18-14-22(28)25(30)27(15-17-8-2-1-3-9-17)21-12-6-7-13-23(21)31-18/h1-13,18,22H,14-16H2. The van der Waals surface area contributed by atoms with E-state index in [0.29, 0.717) is 24.4 Å². The summed E-state index contributed by atoms with van der Waals surface area (Å²) in [7, 11) is 0. The molecule has 5 nitrogen and oxygen atoms in total. The van der Waals surface area contributed by atoms with Gasteiger partial charge in [0.15, 0.2) is 0 Å². The Balaban J connectivity index is 1.53. The molecule has 1 fully saturated rings. The minimum Gasteiger partial charge on any atom is -0.486 e. The van der Waals surface area contributed by atoms with E-state index < -0.39 is 17.8 Å². The predicted molar refractivity (Wildman–Crippen MR) is 114 cm³/mol. The van der Waals surface area contributed by atoms with Crippen LogP contribution in [-0.2, 0) is 11.3 Å². The lowest BCUT2D eigenvalue weighted by molar-refractivity contribution is -0.122. The number of carbonyl (C=O) groups excluding carboxylic acids is 2. The first-order valence-electron chi connectivity index (χ1n) is 10.3. The summed E-state index contributed by atoms with van der Waals surface area (Å²) < 4.78 is 20.5. The Morgan fingerprint density at radius 1 is 0.968 bits per heavy atom. The number of halogens is 1. The molecular weight excluding hydrogens is 395 g/mol. The summed E-state index contributed by atoms with van der Waals surface area (Å²) in [4.78, 5) is 30.0. The second-order valence-electron chi connectivity index (χ2n) is 7.81. The van der Waals surface area contributed by atoms with Crippen molar-refractivity contribution in [3.63, 3.8) is 0 Å². The first-order chi connectivity index (χ1) is 15.1. The molecule has 2 amide bonds. The van der Waals surface area contributed by atoms with Crippen LogP contribution in [-0.4, -0.2) is 35.4 Å². The van der Waals surface area contributed by atoms with E-state index in [0.717, 1.165) is 5.56 Å². The van der Waals surface area contributed by atoms with Crippen molar-refractivity contribution < 1.29 is 18.7 Å². The number of fused-ring (bicyclic) bond motifs is 3. The quantitative estimate of drug-likeness (QED) is 0.648. The van der Waals surface area contributed by atoms with E-state index >= 15 is 0 Å². The van der Waals surface area contributed by atoms with Crippen molar-refractivity contribution in [2.45, 2.75) is 25.1 Å². The van der Waals surface area contributed by atoms with Gasteiger partial charge in [0.05, 0.1) is 24.3 Å². The first kappa shape index (κ1) is 19.3. The Hall–Kier alpha value is -3.67. The Labute approximate surface area is 179 Å². The van der Waals surface area contributed by atoms with Gasteiger partial charge in [0.1, 0.15) is 23.7 Å². The largest absolute Gasteiger partial charge is 0.486 e. The SMILES string of the molecule is O=C1C2CC(CN2C(=O)c2ccccc2F)Oc2ccccc2N1Cc1ccccc1. The molecule has 2 aliphatic rings. The van der Waals surface area contributed by atoms with E-state index in [9.17, 15) is 14.0 Å². The van der Waals surface area contributed by atoms with Crippen LogP contribution in [0.2, 0.25) is 0 Å². The van der Waals surface area contributed by atoms with Crippen molar-refractivity contribution in [2.24, 2.45) is 0 Å². The molecule has 1 saturated heterocycles. The number of benzene rings is 3. The average Bonchev–Trinajstić information content (AvgIpc) is 3.22. The maximum absolute atomic E-state index is 14.3. The number of amides is 2. The van der Waals surface area contributed by atoms with Gasteiger partial charge in [-0.25, -0.2) is 4.39 Å². The third-order valence-electron chi connectivity index (χ3n) is 5.81. The minimum atomic E-state index is -0.714. The van der Waals surface area contributed by atoms with Crippen molar-refractivity contribution in [1.82, 2.24) is 4.90 Å². The van der Waals surface area contributed by atoms with E-state index in [-0.39, 0.29) is 24.1 Å². The van der Waals surface area contributed by atoms with Crippen molar-refractivity contribution in [3.8, 4) is 5.75 Å². The maximum atomic E-state index is 14.3. The van der Waals surface area contributed by atoms with Crippen LogP contribution in [0, 0.1) is 5.82 Å². The number of hydrogen-bond acceptors (Lipinski definition) is 3. The van der Waals surface area contributed by atoms with Crippen LogP contribution in [0.3, 0.4) is 0 Å². The van der Waals surface area contributed by atoms with Gasteiger partial charge in [0.2, 0.25) is 5.91 Å². The third kappa shape index (κ3) is 3.54. The maximum Gasteiger partial charge on any atom is 0.257 e. The highest BCUT2D eigenvalue weighted by Gasteiger charge is 2.45. The van der Waals surface area contributed by atoms with Gasteiger partial charge in [0.25, 0.3) is 5.91 Å². The van der Waals surface area contributed by atoms with Crippen molar-refractivity contribution in [3.05, 3.63) is 95.8 Å². The highest BCUT2D eigenvalue weighted by molar-refractivity contribution is 6.03. The smallest absolute Gasteiger partial charge is 0.257 e. The van der Waals surface area contributed by atoms with Gasteiger partial charge in [-0.15, -0.1) is 0 Å². The zero-order valence-electron chi connectivity index (χ0n) is 16.8. The molecular formula is C25H21FN2O3. The molecule has 2 heterocycles. The van der Waals surface area contributed by atoms with E-state index in [1.165, 1.54) is 23.1 Å². The van der Waals surface area contributed by atoms with Crippen LogP contribution in [0.15, 0.2) is 78.9 Å². The van der Waals surface area contributed by atoms with Gasteiger partial charge >= 0.3 is 0 Å². The van der Waals surface area contributed by atoms with E-state index in [2.05, 4.69) is 0 Å². The fourth-order valence-corrected chi connectivity index (χ4v) is 4.32. The van der Waals surface area contributed by atoms with Crippen LogP contribution in [0.4, 0.5) is 10.1 Å². The highest BCUT2D eigenvalue weighted by Crippen LogP contribution is 2.37. The average molecular weight is 416 g/mol. The molecule has 0 saturated carbocycles. The number of carbonyl (C=O) groups is 2. The van der Waals surface area contributed by atoms with Crippen LogP contribution in [0.25, 0.3) is 0 Å². The molecule has 2 aliphatic heterocycles. The van der Waals surface area contributed by atoms with Crippen LogP contribution in [0.1, 0.15) is 22.3 Å². The predicted octanol–water partition coefficient (Wildman–Crippen LogP) is 4.03. The van der Waals surface area contributed by atoms with Crippen LogP contribution >= 0.6 is 0 Å². The summed E-state index contributed by atoms with van der Waals surface area (Å²) in [5.41, 5.74) is 1.60. The van der Waals surface area contributed by atoms with Crippen molar-refractivity contribution in [2.75, 3.05) is 11.4 Å². The zero-order chi connectivity index (χ0) is 21.4. The number of likely N-dealkylation sites (tertiary alicyclic amines) is 1. The van der Waals surface area contributed by atoms with E-state index in [1.54, 1.807) is 11.0 Å². The second-order valence-corrected chi connectivity index (χ2v) is 7.81. The molecule has 0 N–H and O–H groups in total. The topological polar surface area (TPSA) is 49.9 Å². The molecule has 31 heavy (non-hydrogen) atoms. The lowest BCUT2D eigenvalue weighted by Gasteiger charge is -2.32. The fraction of sp³-hybridized carbons (Fsp3) is 0.200. The molecule has 156 valence electrons. The lowest BCUT2D eigenvalue weighted by atomic mass is 10.1. The van der Waals surface area contributed by atoms with E-state index in [4.69, 9.17) is 4.74 Å². The summed E-state index contributed by atoms with van der Waals surface area (Å²) in [6, 6.07) is 22.2. The number of ether oxygens (including phenoxy) is 1. The summed E-state index contributed by atoms with van der Waals surface area (Å²) in [5.74, 6) is -0.669. The molecule has 2 bridgehead atoms.